The van der Waals surface area contributed by atoms with Crippen molar-refractivity contribution in [3.63, 3.8) is 0 Å². The van der Waals surface area contributed by atoms with E-state index in [1.165, 1.54) is 5.56 Å². The zero-order chi connectivity index (χ0) is 15.0. The van der Waals surface area contributed by atoms with Crippen molar-refractivity contribution in [3.8, 4) is 0 Å². The van der Waals surface area contributed by atoms with Crippen molar-refractivity contribution in [1.82, 2.24) is 5.32 Å². The molecule has 1 amide bonds. The minimum absolute atomic E-state index is 0. The number of carbonyl (C=O) groups excluding carboxylic acids is 1. The van der Waals surface area contributed by atoms with Gasteiger partial charge in [-0.05, 0) is 42.7 Å². The average molecular weight is 311 g/mol. The molecule has 1 aromatic rings. The Morgan fingerprint density at radius 2 is 1.76 bits per heavy atom. The van der Waals surface area contributed by atoms with E-state index in [0.717, 1.165) is 24.8 Å². The molecule has 0 bridgehead atoms. The zero-order valence-corrected chi connectivity index (χ0v) is 14.2. The topological polar surface area (TPSA) is 55.1 Å². The van der Waals surface area contributed by atoms with E-state index in [0.29, 0.717) is 0 Å². The third-order valence-electron chi connectivity index (χ3n) is 4.32. The lowest BCUT2D eigenvalue weighted by molar-refractivity contribution is -0.129. The van der Waals surface area contributed by atoms with Gasteiger partial charge in [0.1, 0.15) is 0 Å². The van der Waals surface area contributed by atoms with E-state index in [4.69, 9.17) is 5.73 Å². The van der Waals surface area contributed by atoms with Crippen LogP contribution in [0, 0.1) is 0 Å². The van der Waals surface area contributed by atoms with Gasteiger partial charge in [-0.2, -0.15) is 0 Å². The van der Waals surface area contributed by atoms with Gasteiger partial charge >= 0.3 is 0 Å². The Hall–Kier alpha value is -1.06. The lowest BCUT2D eigenvalue weighted by Crippen LogP contribution is -2.58. The molecule has 0 spiro atoms. The summed E-state index contributed by atoms with van der Waals surface area (Å²) < 4.78 is 0. The van der Waals surface area contributed by atoms with Crippen molar-refractivity contribution in [2.24, 2.45) is 5.73 Å². The first kappa shape index (κ1) is 18.0. The van der Waals surface area contributed by atoms with Crippen molar-refractivity contribution >= 4 is 18.3 Å². The minimum atomic E-state index is -0.625. The van der Waals surface area contributed by atoms with Gasteiger partial charge < -0.3 is 11.1 Å². The summed E-state index contributed by atoms with van der Waals surface area (Å²) in [6.07, 6.45) is 2.65. The molecule has 1 fully saturated rings. The summed E-state index contributed by atoms with van der Waals surface area (Å²) in [6.45, 7) is 8.60. The van der Waals surface area contributed by atoms with Crippen molar-refractivity contribution in [1.29, 1.82) is 0 Å². The molecule has 1 aliphatic rings. The molecular formula is C17H27ClN2O. The lowest BCUT2D eigenvalue weighted by Gasteiger charge is -2.37. The van der Waals surface area contributed by atoms with Crippen LogP contribution in [0.15, 0.2) is 24.3 Å². The molecule has 21 heavy (non-hydrogen) atoms. The molecule has 0 saturated heterocycles. The summed E-state index contributed by atoms with van der Waals surface area (Å²) in [5, 5.41) is 3.03. The second-order valence-corrected chi connectivity index (χ2v) is 7.08. The molecule has 118 valence electrons. The Labute approximate surface area is 134 Å². The molecule has 1 saturated carbocycles. The van der Waals surface area contributed by atoms with E-state index >= 15 is 0 Å². The normalized spacial score (nSPS) is 18.1. The van der Waals surface area contributed by atoms with Crippen LogP contribution >= 0.6 is 12.4 Å². The summed E-state index contributed by atoms with van der Waals surface area (Å²) in [5.74, 6) is -0.0175. The van der Waals surface area contributed by atoms with Crippen LogP contribution in [0.1, 0.15) is 64.1 Å². The van der Waals surface area contributed by atoms with E-state index in [-0.39, 0.29) is 29.8 Å². The van der Waals surface area contributed by atoms with Crippen molar-refractivity contribution in [3.05, 3.63) is 35.4 Å². The van der Waals surface area contributed by atoms with Gasteiger partial charge in [0.05, 0.1) is 11.6 Å². The minimum Gasteiger partial charge on any atom is -0.348 e. The second kappa shape index (κ2) is 6.37. The van der Waals surface area contributed by atoms with Gasteiger partial charge in [-0.1, -0.05) is 45.0 Å². The molecular weight excluding hydrogens is 284 g/mol. The first-order valence-corrected chi connectivity index (χ1v) is 7.43. The van der Waals surface area contributed by atoms with E-state index < -0.39 is 5.54 Å². The number of halogens is 1. The highest BCUT2D eigenvalue weighted by Gasteiger charge is 2.40. The standard InChI is InChI=1S/C17H26N2O.ClH/c1-12(19-15(20)17(18)10-5-11-17)13-6-8-14(9-7-13)16(2,3)4;/h6-9,12H,5,10-11,18H2,1-4H3,(H,19,20);1H. The molecule has 0 aromatic heterocycles. The van der Waals surface area contributed by atoms with Gasteiger partial charge in [-0.25, -0.2) is 0 Å². The lowest BCUT2D eigenvalue weighted by atomic mass is 9.77. The number of nitrogens with one attached hydrogen (secondary N) is 1. The highest BCUT2D eigenvalue weighted by atomic mass is 35.5. The van der Waals surface area contributed by atoms with Gasteiger partial charge in [0.15, 0.2) is 0 Å². The van der Waals surface area contributed by atoms with Crippen LogP contribution in [-0.2, 0) is 10.2 Å². The van der Waals surface area contributed by atoms with Crippen LogP contribution in [0.4, 0.5) is 0 Å². The monoisotopic (exact) mass is 310 g/mol. The zero-order valence-electron chi connectivity index (χ0n) is 13.4. The fourth-order valence-electron chi connectivity index (χ4n) is 2.48. The number of benzene rings is 1. The predicted octanol–water partition coefficient (Wildman–Crippen LogP) is 3.46. The Bertz CT molecular complexity index is 487. The first-order chi connectivity index (χ1) is 9.22. The average Bonchev–Trinajstić information content (AvgIpc) is 2.34. The van der Waals surface area contributed by atoms with E-state index in [2.05, 4.69) is 50.4 Å². The first-order valence-electron chi connectivity index (χ1n) is 7.43. The number of hydrogen-bond donors (Lipinski definition) is 2. The summed E-state index contributed by atoms with van der Waals surface area (Å²) >= 11 is 0. The Morgan fingerprint density at radius 3 is 2.14 bits per heavy atom. The number of amides is 1. The maximum atomic E-state index is 12.1. The quantitative estimate of drug-likeness (QED) is 0.898. The summed E-state index contributed by atoms with van der Waals surface area (Å²) in [4.78, 5) is 12.1. The van der Waals surface area contributed by atoms with Crippen molar-refractivity contribution in [2.45, 2.75) is 64.0 Å². The molecule has 1 aliphatic carbocycles. The third kappa shape index (κ3) is 3.98. The second-order valence-electron chi connectivity index (χ2n) is 7.08. The van der Waals surface area contributed by atoms with Crippen LogP contribution in [0.2, 0.25) is 0 Å². The van der Waals surface area contributed by atoms with Crippen LogP contribution in [0.25, 0.3) is 0 Å². The van der Waals surface area contributed by atoms with E-state index in [1.54, 1.807) is 0 Å². The molecule has 3 N–H and O–H groups in total. The van der Waals surface area contributed by atoms with E-state index in [1.807, 2.05) is 6.92 Å². The summed E-state index contributed by atoms with van der Waals surface area (Å²) in [5.41, 5.74) is 7.99. The van der Waals surface area contributed by atoms with Crippen LogP contribution in [0.5, 0.6) is 0 Å². The number of rotatable bonds is 3. The molecule has 1 aromatic carbocycles. The fourth-order valence-corrected chi connectivity index (χ4v) is 2.48. The number of nitrogens with two attached hydrogens (primary N) is 1. The molecule has 1 atom stereocenters. The van der Waals surface area contributed by atoms with Gasteiger partial charge in [0, 0.05) is 0 Å². The molecule has 4 heteroatoms. The molecule has 0 radical (unpaired) electrons. The smallest absolute Gasteiger partial charge is 0.240 e. The molecule has 0 heterocycles. The third-order valence-corrected chi connectivity index (χ3v) is 4.32. The summed E-state index contributed by atoms with van der Waals surface area (Å²) in [7, 11) is 0. The molecule has 3 nitrogen and oxygen atoms in total. The predicted molar refractivity (Wildman–Crippen MR) is 89.7 cm³/mol. The van der Waals surface area contributed by atoms with Crippen LogP contribution in [0.3, 0.4) is 0 Å². The van der Waals surface area contributed by atoms with Gasteiger partial charge in [0.25, 0.3) is 0 Å². The Kier molecular flexibility index (Phi) is 5.46. The maximum Gasteiger partial charge on any atom is 0.240 e. The maximum absolute atomic E-state index is 12.1. The van der Waals surface area contributed by atoms with Gasteiger partial charge in [0.2, 0.25) is 5.91 Å². The van der Waals surface area contributed by atoms with E-state index in [9.17, 15) is 4.79 Å². The Morgan fingerprint density at radius 1 is 1.24 bits per heavy atom. The number of carbonyl (C=O) groups is 1. The van der Waals surface area contributed by atoms with Crippen molar-refractivity contribution < 1.29 is 4.79 Å². The van der Waals surface area contributed by atoms with Gasteiger partial charge in [-0.3, -0.25) is 4.79 Å². The highest BCUT2D eigenvalue weighted by molar-refractivity contribution is 5.87. The summed E-state index contributed by atoms with van der Waals surface area (Å²) in [6, 6.07) is 8.46. The largest absolute Gasteiger partial charge is 0.348 e. The van der Waals surface area contributed by atoms with Crippen LogP contribution in [-0.4, -0.2) is 11.4 Å². The van der Waals surface area contributed by atoms with Crippen molar-refractivity contribution in [2.75, 3.05) is 0 Å². The number of hydrogen-bond acceptors (Lipinski definition) is 2. The van der Waals surface area contributed by atoms with Gasteiger partial charge in [-0.15, -0.1) is 12.4 Å². The molecule has 2 rings (SSSR count). The Balaban J connectivity index is 0.00000220. The molecule has 1 unspecified atom stereocenters. The SMILES string of the molecule is CC(NC(=O)C1(N)CCC1)c1ccc(C(C)(C)C)cc1.Cl. The molecule has 0 aliphatic heterocycles. The highest BCUT2D eigenvalue weighted by Crippen LogP contribution is 2.30. The van der Waals surface area contributed by atoms with Crippen LogP contribution < -0.4 is 11.1 Å². The fraction of sp³-hybridized carbons (Fsp3) is 0.588.